The van der Waals surface area contributed by atoms with Crippen molar-refractivity contribution in [3.8, 4) is 11.5 Å². The second-order valence-corrected chi connectivity index (χ2v) is 5.99. The monoisotopic (exact) mass is 348 g/mol. The average molecular weight is 349 g/mol. The molecule has 0 unspecified atom stereocenters. The Kier molecular flexibility index (Phi) is 4.73. The van der Waals surface area contributed by atoms with Crippen molar-refractivity contribution < 1.29 is 13.7 Å². The summed E-state index contributed by atoms with van der Waals surface area (Å²) in [5.74, 6) is -0.00295. The van der Waals surface area contributed by atoms with E-state index in [0.717, 1.165) is 17.3 Å². The second-order valence-electron chi connectivity index (χ2n) is 4.61. The van der Waals surface area contributed by atoms with Gasteiger partial charge in [-0.1, -0.05) is 23.4 Å². The molecule has 4 nitrogen and oxygen atoms in total. The van der Waals surface area contributed by atoms with Crippen LogP contribution in [0.25, 0.3) is 11.5 Å². The lowest BCUT2D eigenvalue weighted by Crippen LogP contribution is -2.02. The molecule has 0 aliphatic heterocycles. The van der Waals surface area contributed by atoms with Crippen molar-refractivity contribution in [2.75, 3.05) is 5.75 Å². The molecule has 0 atom stereocenters. The number of benzene rings is 2. The summed E-state index contributed by atoms with van der Waals surface area (Å²) in [7, 11) is 0. The molecule has 3 rings (SSSR count). The van der Waals surface area contributed by atoms with Crippen LogP contribution in [0.3, 0.4) is 0 Å². The second kappa shape index (κ2) is 6.93. The topological polar surface area (TPSA) is 56.0 Å². The van der Waals surface area contributed by atoms with Gasteiger partial charge in [0.05, 0.1) is 5.75 Å². The molecule has 3 aromatic rings. The van der Waals surface area contributed by atoms with Crippen LogP contribution in [0.5, 0.6) is 0 Å². The summed E-state index contributed by atoms with van der Waals surface area (Å²) >= 11 is 6.99. The predicted octanol–water partition coefficient (Wildman–Crippen LogP) is 4.50. The van der Waals surface area contributed by atoms with Crippen molar-refractivity contribution in [2.24, 2.45) is 0 Å². The van der Waals surface area contributed by atoms with Gasteiger partial charge in [0.15, 0.2) is 5.78 Å². The zero-order chi connectivity index (χ0) is 16.2. The van der Waals surface area contributed by atoms with Crippen LogP contribution in [0.1, 0.15) is 10.4 Å². The average Bonchev–Trinajstić information content (AvgIpc) is 3.03. The predicted molar refractivity (Wildman–Crippen MR) is 86.2 cm³/mol. The normalized spacial score (nSPS) is 10.7. The van der Waals surface area contributed by atoms with Crippen LogP contribution >= 0.6 is 23.4 Å². The molecule has 0 radical (unpaired) electrons. The number of Topliss-reactive ketones (excluding diaryl/α,β-unsaturated/α-hetero) is 1. The first-order valence-electron chi connectivity index (χ1n) is 6.63. The minimum absolute atomic E-state index is 0.132. The lowest BCUT2D eigenvalue weighted by molar-refractivity contribution is 0.102. The van der Waals surface area contributed by atoms with Gasteiger partial charge in [0, 0.05) is 16.1 Å². The maximum absolute atomic E-state index is 12.8. The van der Waals surface area contributed by atoms with E-state index in [1.807, 2.05) is 0 Å². The highest BCUT2D eigenvalue weighted by atomic mass is 35.5. The van der Waals surface area contributed by atoms with Crippen molar-refractivity contribution in [1.29, 1.82) is 0 Å². The maximum atomic E-state index is 12.8. The van der Waals surface area contributed by atoms with Crippen LogP contribution in [0.4, 0.5) is 4.39 Å². The molecule has 116 valence electrons. The van der Waals surface area contributed by atoms with Crippen LogP contribution in [0, 0.1) is 5.82 Å². The number of hydrogen-bond acceptors (Lipinski definition) is 5. The molecule has 0 saturated carbocycles. The van der Waals surface area contributed by atoms with E-state index < -0.39 is 0 Å². The van der Waals surface area contributed by atoms with Crippen molar-refractivity contribution in [3.63, 3.8) is 0 Å². The Balaban J connectivity index is 1.64. The van der Waals surface area contributed by atoms with Gasteiger partial charge in [-0.25, -0.2) is 4.39 Å². The number of carbonyl (C=O) groups excluding carboxylic acids is 1. The van der Waals surface area contributed by atoms with E-state index in [-0.39, 0.29) is 17.4 Å². The Labute approximate surface area is 140 Å². The molecule has 1 aromatic heterocycles. The summed E-state index contributed by atoms with van der Waals surface area (Å²) in [5.41, 5.74) is 1.19. The van der Waals surface area contributed by atoms with E-state index in [1.54, 1.807) is 24.3 Å². The van der Waals surface area contributed by atoms with Crippen LogP contribution in [0.2, 0.25) is 5.02 Å². The third kappa shape index (κ3) is 3.97. The van der Waals surface area contributed by atoms with Gasteiger partial charge >= 0.3 is 0 Å². The zero-order valence-electron chi connectivity index (χ0n) is 11.7. The summed E-state index contributed by atoms with van der Waals surface area (Å²) in [4.78, 5) is 16.2. The van der Waals surface area contributed by atoms with Gasteiger partial charge in [-0.15, -0.1) is 0 Å². The molecule has 2 aromatic carbocycles. The highest BCUT2D eigenvalue weighted by molar-refractivity contribution is 7.99. The van der Waals surface area contributed by atoms with Crippen molar-refractivity contribution in [1.82, 2.24) is 10.1 Å². The van der Waals surface area contributed by atoms with E-state index >= 15 is 0 Å². The summed E-state index contributed by atoms with van der Waals surface area (Å²) in [6.07, 6.45) is 0. The van der Waals surface area contributed by atoms with Crippen LogP contribution in [-0.4, -0.2) is 21.7 Å². The number of aromatic nitrogens is 2. The first kappa shape index (κ1) is 15.7. The molecule has 0 aliphatic carbocycles. The quantitative estimate of drug-likeness (QED) is 0.501. The third-order valence-corrected chi connectivity index (χ3v) is 4.08. The van der Waals surface area contributed by atoms with E-state index in [1.165, 1.54) is 24.3 Å². The Bertz CT molecular complexity index is 819. The fraction of sp³-hybridized carbons (Fsp3) is 0.0625. The highest BCUT2D eigenvalue weighted by Gasteiger charge is 2.12. The molecule has 0 aliphatic rings. The van der Waals surface area contributed by atoms with E-state index in [4.69, 9.17) is 16.1 Å². The fourth-order valence-corrected chi connectivity index (χ4v) is 2.62. The molecule has 23 heavy (non-hydrogen) atoms. The summed E-state index contributed by atoms with van der Waals surface area (Å²) in [6.45, 7) is 0. The fourth-order valence-electron chi connectivity index (χ4n) is 1.83. The van der Waals surface area contributed by atoms with Gasteiger partial charge in [-0.3, -0.25) is 4.79 Å². The van der Waals surface area contributed by atoms with Crippen molar-refractivity contribution >= 4 is 29.1 Å². The maximum Gasteiger partial charge on any atom is 0.258 e. The van der Waals surface area contributed by atoms with E-state index in [0.29, 0.717) is 21.6 Å². The molecule has 0 fully saturated rings. The van der Waals surface area contributed by atoms with Crippen LogP contribution in [-0.2, 0) is 0 Å². The molecule has 0 spiro atoms. The van der Waals surface area contributed by atoms with Gasteiger partial charge in [-0.05, 0) is 53.7 Å². The minimum Gasteiger partial charge on any atom is -0.333 e. The first-order valence-corrected chi connectivity index (χ1v) is 7.99. The van der Waals surface area contributed by atoms with Crippen LogP contribution < -0.4 is 0 Å². The summed E-state index contributed by atoms with van der Waals surface area (Å²) < 4.78 is 18.0. The van der Waals surface area contributed by atoms with Gasteiger partial charge in [0.2, 0.25) is 5.16 Å². The van der Waals surface area contributed by atoms with Gasteiger partial charge in [0.25, 0.3) is 5.89 Å². The standard InChI is InChI=1S/C16H10ClFN2O2S/c17-12-5-1-11(2-6-12)15-19-16(20-22-15)23-9-14(21)10-3-7-13(18)8-4-10/h1-8H,9H2. The number of rotatable bonds is 5. The molecular weight excluding hydrogens is 339 g/mol. The largest absolute Gasteiger partial charge is 0.333 e. The molecule has 7 heteroatoms. The summed E-state index contributed by atoms with van der Waals surface area (Å²) in [6, 6.07) is 12.4. The van der Waals surface area contributed by atoms with Gasteiger partial charge in [-0.2, -0.15) is 4.98 Å². The summed E-state index contributed by atoms with van der Waals surface area (Å²) in [5, 5.41) is 4.81. The third-order valence-electron chi connectivity index (χ3n) is 3.00. The van der Waals surface area contributed by atoms with E-state index in [9.17, 15) is 9.18 Å². The Morgan fingerprint density at radius 1 is 1.13 bits per heavy atom. The Morgan fingerprint density at radius 2 is 1.83 bits per heavy atom. The number of ketones is 1. The molecule has 0 N–H and O–H groups in total. The van der Waals surface area contributed by atoms with Crippen LogP contribution in [0.15, 0.2) is 58.2 Å². The molecular formula is C16H10ClFN2O2S. The van der Waals surface area contributed by atoms with Crippen molar-refractivity contribution in [3.05, 3.63) is 64.9 Å². The number of halogens is 2. The molecule has 0 bridgehead atoms. The Hall–Kier alpha value is -2.18. The first-order chi connectivity index (χ1) is 11.1. The van der Waals surface area contributed by atoms with E-state index in [2.05, 4.69) is 10.1 Å². The number of carbonyl (C=O) groups is 1. The number of thioether (sulfide) groups is 1. The lowest BCUT2D eigenvalue weighted by Gasteiger charge is -1.98. The number of hydrogen-bond donors (Lipinski definition) is 0. The molecule has 0 saturated heterocycles. The van der Waals surface area contributed by atoms with Crippen molar-refractivity contribution in [2.45, 2.75) is 5.16 Å². The van der Waals surface area contributed by atoms with Gasteiger partial charge in [0.1, 0.15) is 5.82 Å². The Morgan fingerprint density at radius 3 is 2.52 bits per heavy atom. The zero-order valence-corrected chi connectivity index (χ0v) is 13.3. The smallest absolute Gasteiger partial charge is 0.258 e. The highest BCUT2D eigenvalue weighted by Crippen LogP contribution is 2.23. The molecule has 1 heterocycles. The number of nitrogens with zero attached hydrogens (tertiary/aromatic N) is 2. The lowest BCUT2D eigenvalue weighted by atomic mass is 10.1. The van der Waals surface area contributed by atoms with Gasteiger partial charge < -0.3 is 4.52 Å². The molecule has 0 amide bonds. The minimum atomic E-state index is -0.375. The SMILES string of the molecule is O=C(CSc1noc(-c2ccc(Cl)cc2)n1)c1ccc(F)cc1.